The molecule has 0 saturated heterocycles. The molecule has 1 aliphatic heterocycles. The van der Waals surface area contributed by atoms with Crippen molar-refractivity contribution in [2.24, 2.45) is 0 Å². The predicted molar refractivity (Wildman–Crippen MR) is 103 cm³/mol. The Morgan fingerprint density at radius 3 is 2.32 bits per heavy atom. The Morgan fingerprint density at radius 2 is 1.64 bits per heavy atom. The van der Waals surface area contributed by atoms with Gasteiger partial charge in [-0.15, -0.1) is 0 Å². The highest BCUT2D eigenvalue weighted by Gasteiger charge is 2.33. The van der Waals surface area contributed by atoms with E-state index < -0.39 is 17.8 Å². The lowest BCUT2D eigenvalue weighted by Crippen LogP contribution is -2.24. The lowest BCUT2D eigenvalue weighted by Gasteiger charge is -2.10. The van der Waals surface area contributed by atoms with Gasteiger partial charge in [0.05, 0.1) is 16.7 Å². The molecule has 0 N–H and O–H groups in total. The van der Waals surface area contributed by atoms with E-state index >= 15 is 0 Å². The third-order valence-corrected chi connectivity index (χ3v) is 4.92. The van der Waals surface area contributed by atoms with Crippen LogP contribution in [0.1, 0.15) is 66.4 Å². The van der Waals surface area contributed by atoms with E-state index in [1.165, 1.54) is 25.2 Å². The molecule has 0 aromatic heterocycles. The molecule has 6 nitrogen and oxygen atoms in total. The first kappa shape index (κ1) is 19.5. The lowest BCUT2D eigenvalue weighted by molar-refractivity contribution is 0.0474. The molecule has 0 unspecified atom stereocenters. The molecule has 1 aliphatic rings. The minimum Gasteiger partial charge on any atom is -0.454 e. The number of rotatable bonds is 6. The molecule has 3 rings (SSSR count). The van der Waals surface area contributed by atoms with Gasteiger partial charge in [0, 0.05) is 12.6 Å². The first-order valence-corrected chi connectivity index (χ1v) is 9.15. The van der Waals surface area contributed by atoms with Gasteiger partial charge in [0.2, 0.25) is 5.78 Å². The van der Waals surface area contributed by atoms with Gasteiger partial charge in [0.15, 0.2) is 6.61 Å². The zero-order chi connectivity index (χ0) is 20.4. The summed E-state index contributed by atoms with van der Waals surface area (Å²) in [6.07, 6.45) is 1.51. The predicted octanol–water partition coefficient (Wildman–Crippen LogP) is 3.08. The summed E-state index contributed by atoms with van der Waals surface area (Å²) < 4.78 is 5.17. The fraction of sp³-hybridized carbons (Fsp3) is 0.273. The molecule has 144 valence electrons. The van der Waals surface area contributed by atoms with E-state index in [-0.39, 0.29) is 29.1 Å². The number of nitrogens with zero attached hydrogens (tertiary/aromatic N) is 1. The molecule has 0 spiro atoms. The average molecular weight is 379 g/mol. The van der Waals surface area contributed by atoms with E-state index in [2.05, 4.69) is 0 Å². The SMILES string of the molecule is CCc1ccc(CC)c(C(=O)COC(=O)c2ccc3c(c2)C(=O)N(C)C3=O)c1. The number of Topliss-reactive ketones (excluding diaryl/α,β-unsaturated/α-hetero) is 1. The molecule has 0 aliphatic carbocycles. The normalized spacial score (nSPS) is 12.9. The van der Waals surface area contributed by atoms with Gasteiger partial charge < -0.3 is 4.74 Å². The Morgan fingerprint density at radius 1 is 0.929 bits per heavy atom. The van der Waals surface area contributed by atoms with Crippen LogP contribution in [0.25, 0.3) is 0 Å². The Balaban J connectivity index is 1.74. The smallest absolute Gasteiger partial charge is 0.338 e. The fourth-order valence-electron chi connectivity index (χ4n) is 3.19. The summed E-state index contributed by atoms with van der Waals surface area (Å²) in [7, 11) is 1.39. The summed E-state index contributed by atoms with van der Waals surface area (Å²) in [6, 6.07) is 9.93. The van der Waals surface area contributed by atoms with Gasteiger partial charge in [-0.25, -0.2) is 4.79 Å². The van der Waals surface area contributed by atoms with Crippen LogP contribution < -0.4 is 0 Å². The van der Waals surface area contributed by atoms with Crippen molar-refractivity contribution in [2.45, 2.75) is 26.7 Å². The van der Waals surface area contributed by atoms with Crippen molar-refractivity contribution in [3.8, 4) is 0 Å². The molecule has 2 aromatic carbocycles. The van der Waals surface area contributed by atoms with E-state index in [0.717, 1.165) is 22.4 Å². The molecule has 0 saturated carbocycles. The van der Waals surface area contributed by atoms with E-state index in [1.54, 1.807) is 0 Å². The van der Waals surface area contributed by atoms with Gasteiger partial charge in [-0.05, 0) is 48.2 Å². The van der Waals surface area contributed by atoms with Crippen molar-refractivity contribution >= 4 is 23.6 Å². The Labute approximate surface area is 163 Å². The molecule has 2 amide bonds. The molecule has 0 atom stereocenters. The zero-order valence-electron chi connectivity index (χ0n) is 16.1. The van der Waals surface area contributed by atoms with E-state index in [0.29, 0.717) is 12.0 Å². The van der Waals surface area contributed by atoms with E-state index in [4.69, 9.17) is 4.74 Å². The monoisotopic (exact) mass is 379 g/mol. The summed E-state index contributed by atoms with van der Waals surface area (Å²) in [5.74, 6) is -1.85. The third-order valence-electron chi connectivity index (χ3n) is 4.92. The fourth-order valence-corrected chi connectivity index (χ4v) is 3.19. The van der Waals surface area contributed by atoms with Crippen molar-refractivity contribution in [3.63, 3.8) is 0 Å². The maximum absolute atomic E-state index is 12.6. The van der Waals surface area contributed by atoms with Gasteiger partial charge in [-0.1, -0.05) is 26.0 Å². The summed E-state index contributed by atoms with van der Waals surface area (Å²) in [5.41, 5.74) is 3.05. The summed E-state index contributed by atoms with van der Waals surface area (Å²) in [5, 5.41) is 0. The van der Waals surface area contributed by atoms with Gasteiger partial charge in [0.25, 0.3) is 11.8 Å². The number of amides is 2. The van der Waals surface area contributed by atoms with Crippen LogP contribution in [0, 0.1) is 0 Å². The Bertz CT molecular complexity index is 992. The van der Waals surface area contributed by atoms with Crippen molar-refractivity contribution in [2.75, 3.05) is 13.7 Å². The van der Waals surface area contributed by atoms with Crippen LogP contribution in [0.5, 0.6) is 0 Å². The van der Waals surface area contributed by atoms with Crippen LogP contribution in [0.3, 0.4) is 0 Å². The number of hydrogen-bond donors (Lipinski definition) is 0. The maximum atomic E-state index is 12.6. The number of carbonyl (C=O) groups excluding carboxylic acids is 4. The molecule has 0 bridgehead atoms. The summed E-state index contributed by atoms with van der Waals surface area (Å²) in [6.45, 7) is 3.58. The van der Waals surface area contributed by atoms with Crippen molar-refractivity contribution < 1.29 is 23.9 Å². The topological polar surface area (TPSA) is 80.8 Å². The Kier molecular flexibility index (Phi) is 5.40. The standard InChI is InChI=1S/C22H21NO5/c1-4-13-6-7-14(5-2)17(10-13)19(24)12-28-22(27)15-8-9-16-18(11-15)21(26)23(3)20(16)25/h6-11H,4-5,12H2,1-3H3. The quantitative estimate of drug-likeness (QED) is 0.438. The van der Waals surface area contributed by atoms with Crippen LogP contribution in [-0.4, -0.2) is 42.1 Å². The van der Waals surface area contributed by atoms with Crippen molar-refractivity contribution in [1.29, 1.82) is 0 Å². The van der Waals surface area contributed by atoms with Crippen LogP contribution in [0.4, 0.5) is 0 Å². The Hall–Kier alpha value is -3.28. The van der Waals surface area contributed by atoms with Gasteiger partial charge in [-0.2, -0.15) is 0 Å². The highest BCUT2D eigenvalue weighted by Crippen LogP contribution is 2.23. The highest BCUT2D eigenvalue weighted by molar-refractivity contribution is 6.21. The zero-order valence-corrected chi connectivity index (χ0v) is 16.1. The molecule has 0 fully saturated rings. The second kappa shape index (κ2) is 7.76. The van der Waals surface area contributed by atoms with Crippen LogP contribution in [-0.2, 0) is 17.6 Å². The highest BCUT2D eigenvalue weighted by atomic mass is 16.5. The first-order chi connectivity index (χ1) is 13.4. The number of hydrogen-bond acceptors (Lipinski definition) is 5. The second-order valence-corrected chi connectivity index (χ2v) is 6.63. The second-order valence-electron chi connectivity index (χ2n) is 6.63. The number of aryl methyl sites for hydroxylation is 2. The minimum absolute atomic E-state index is 0.126. The van der Waals surface area contributed by atoms with Crippen LogP contribution in [0.2, 0.25) is 0 Å². The van der Waals surface area contributed by atoms with Gasteiger partial charge >= 0.3 is 5.97 Å². The summed E-state index contributed by atoms with van der Waals surface area (Å²) in [4.78, 5) is 49.9. The van der Waals surface area contributed by atoms with Crippen LogP contribution >= 0.6 is 0 Å². The maximum Gasteiger partial charge on any atom is 0.338 e. The minimum atomic E-state index is -0.712. The third kappa shape index (κ3) is 3.45. The molecule has 0 radical (unpaired) electrons. The van der Waals surface area contributed by atoms with Crippen LogP contribution in [0.15, 0.2) is 36.4 Å². The van der Waals surface area contributed by atoms with Crippen molar-refractivity contribution in [1.82, 2.24) is 4.90 Å². The van der Waals surface area contributed by atoms with Gasteiger partial charge in [0.1, 0.15) is 0 Å². The first-order valence-electron chi connectivity index (χ1n) is 9.15. The molecular formula is C22H21NO5. The van der Waals surface area contributed by atoms with Crippen molar-refractivity contribution in [3.05, 3.63) is 69.8 Å². The molecular weight excluding hydrogens is 358 g/mol. The largest absolute Gasteiger partial charge is 0.454 e. The number of fused-ring (bicyclic) bond motifs is 1. The molecule has 28 heavy (non-hydrogen) atoms. The summed E-state index contributed by atoms with van der Waals surface area (Å²) >= 11 is 0. The number of ketones is 1. The number of carbonyl (C=O) groups is 4. The van der Waals surface area contributed by atoms with E-state index in [9.17, 15) is 19.2 Å². The average Bonchev–Trinajstić information content (AvgIpc) is 2.94. The molecule has 1 heterocycles. The lowest BCUT2D eigenvalue weighted by atomic mass is 9.98. The number of benzene rings is 2. The molecule has 2 aromatic rings. The number of imide groups is 1. The van der Waals surface area contributed by atoms with E-state index in [1.807, 2.05) is 32.0 Å². The number of esters is 1. The molecule has 6 heteroatoms. The van der Waals surface area contributed by atoms with Gasteiger partial charge in [-0.3, -0.25) is 19.3 Å². The number of ether oxygens (including phenoxy) is 1.